The van der Waals surface area contributed by atoms with E-state index in [1.807, 2.05) is 30.3 Å². The summed E-state index contributed by atoms with van der Waals surface area (Å²) in [6.07, 6.45) is 2.18. The number of benzene rings is 3. The molecule has 0 unspecified atom stereocenters. The van der Waals surface area contributed by atoms with E-state index in [0.717, 1.165) is 33.1 Å². The summed E-state index contributed by atoms with van der Waals surface area (Å²) in [6.45, 7) is 0. The molecule has 4 aromatic rings. The average molecular weight is 341 g/mol. The maximum Gasteiger partial charge on any atom is 0.418 e. The van der Waals surface area contributed by atoms with E-state index in [2.05, 4.69) is 72.1 Å². The monoisotopic (exact) mass is 341 g/mol. The standard InChI is InChI=1S/C23H17OS/c1-4-10-18(11-5-1)16-21(19-12-6-2-7-13-19)23-24-22(17-25-23)20-14-8-3-9-15-20/h1-17H/q+1/b21-16+. The van der Waals surface area contributed by atoms with Crippen molar-refractivity contribution < 1.29 is 4.42 Å². The first-order chi connectivity index (χ1) is 12.4. The summed E-state index contributed by atoms with van der Waals surface area (Å²) in [5.74, 6) is 0.899. The molecular formula is C23H17OS+. The van der Waals surface area contributed by atoms with Crippen LogP contribution in [0.4, 0.5) is 0 Å². The summed E-state index contributed by atoms with van der Waals surface area (Å²) in [4.78, 5) is 0. The van der Waals surface area contributed by atoms with Crippen LogP contribution >= 0.6 is 11.3 Å². The van der Waals surface area contributed by atoms with Crippen LogP contribution in [0.25, 0.3) is 23.0 Å². The highest BCUT2D eigenvalue weighted by Crippen LogP contribution is 2.34. The Morgan fingerprint density at radius 3 is 2.00 bits per heavy atom. The highest BCUT2D eigenvalue weighted by molar-refractivity contribution is 7.11. The van der Waals surface area contributed by atoms with E-state index in [1.165, 1.54) is 0 Å². The first kappa shape index (κ1) is 15.6. The van der Waals surface area contributed by atoms with Crippen molar-refractivity contribution in [3.8, 4) is 11.3 Å². The maximum absolute atomic E-state index is 6.21. The highest BCUT2D eigenvalue weighted by Gasteiger charge is 2.24. The van der Waals surface area contributed by atoms with Crippen LogP contribution in [0.5, 0.6) is 0 Å². The smallest absolute Gasteiger partial charge is 0.194 e. The molecule has 4 rings (SSSR count). The molecule has 0 radical (unpaired) electrons. The van der Waals surface area contributed by atoms with Crippen molar-refractivity contribution >= 4 is 23.0 Å². The lowest BCUT2D eigenvalue weighted by atomic mass is 10.0. The second-order valence-electron chi connectivity index (χ2n) is 5.69. The summed E-state index contributed by atoms with van der Waals surface area (Å²) >= 11 is 1.63. The third kappa shape index (κ3) is 3.59. The van der Waals surface area contributed by atoms with Gasteiger partial charge in [0.2, 0.25) is 0 Å². The minimum atomic E-state index is 0.899. The molecule has 0 aliphatic carbocycles. The summed E-state index contributed by atoms with van der Waals surface area (Å²) in [5, 5.41) is 2.99. The molecule has 0 saturated carbocycles. The van der Waals surface area contributed by atoms with Gasteiger partial charge in [0.1, 0.15) is 5.38 Å². The zero-order chi connectivity index (χ0) is 16.9. The highest BCUT2D eigenvalue weighted by atomic mass is 32.1. The molecular weight excluding hydrogens is 324 g/mol. The van der Waals surface area contributed by atoms with Crippen LogP contribution in [0.2, 0.25) is 0 Å². The molecule has 3 aromatic carbocycles. The summed E-state index contributed by atoms with van der Waals surface area (Å²) < 4.78 is 6.21. The van der Waals surface area contributed by atoms with E-state index in [0.29, 0.717) is 0 Å². The van der Waals surface area contributed by atoms with E-state index in [-0.39, 0.29) is 0 Å². The van der Waals surface area contributed by atoms with Gasteiger partial charge in [-0.1, -0.05) is 78.9 Å². The van der Waals surface area contributed by atoms with Crippen molar-refractivity contribution in [2.75, 3.05) is 0 Å². The zero-order valence-electron chi connectivity index (χ0n) is 13.6. The zero-order valence-corrected chi connectivity index (χ0v) is 14.4. The molecule has 1 heterocycles. The summed E-state index contributed by atoms with van der Waals surface area (Å²) in [6, 6.07) is 30.9. The van der Waals surface area contributed by atoms with E-state index in [1.54, 1.807) is 11.3 Å². The molecule has 1 aromatic heterocycles. The molecule has 120 valence electrons. The van der Waals surface area contributed by atoms with E-state index in [4.69, 9.17) is 4.42 Å². The second kappa shape index (κ2) is 7.29. The van der Waals surface area contributed by atoms with E-state index >= 15 is 0 Å². The van der Waals surface area contributed by atoms with Gasteiger partial charge in [-0.25, -0.2) is 0 Å². The summed E-state index contributed by atoms with van der Waals surface area (Å²) in [5.41, 5.74) is 4.50. The van der Waals surface area contributed by atoms with Crippen LogP contribution in [0, 0.1) is 0 Å². The molecule has 0 amide bonds. The Bertz CT molecular complexity index is 970. The van der Waals surface area contributed by atoms with Crippen molar-refractivity contribution in [2.45, 2.75) is 0 Å². The van der Waals surface area contributed by atoms with Crippen molar-refractivity contribution in [1.29, 1.82) is 0 Å². The third-order valence-corrected chi connectivity index (χ3v) is 4.80. The van der Waals surface area contributed by atoms with Crippen molar-refractivity contribution in [2.24, 2.45) is 0 Å². The molecule has 0 bridgehead atoms. The molecule has 0 fully saturated rings. The fourth-order valence-corrected chi connectivity index (χ4v) is 3.54. The fourth-order valence-electron chi connectivity index (χ4n) is 2.70. The van der Waals surface area contributed by atoms with Gasteiger partial charge in [-0.15, -0.1) is 0 Å². The topological polar surface area (TPSA) is 11.3 Å². The predicted octanol–water partition coefficient (Wildman–Crippen LogP) is 6.88. The predicted molar refractivity (Wildman–Crippen MR) is 106 cm³/mol. The first-order valence-corrected chi connectivity index (χ1v) is 9.08. The molecule has 25 heavy (non-hydrogen) atoms. The van der Waals surface area contributed by atoms with Crippen LogP contribution in [0.1, 0.15) is 16.2 Å². The van der Waals surface area contributed by atoms with Crippen LogP contribution in [-0.2, 0) is 0 Å². The number of hydrogen-bond acceptors (Lipinski definition) is 1. The minimum absolute atomic E-state index is 0.899. The molecule has 0 aliphatic heterocycles. The van der Waals surface area contributed by atoms with Gasteiger partial charge in [-0.2, -0.15) is 4.42 Å². The van der Waals surface area contributed by atoms with Crippen molar-refractivity contribution in [3.05, 3.63) is 113 Å². The number of rotatable bonds is 4. The van der Waals surface area contributed by atoms with Crippen LogP contribution < -0.4 is 0 Å². The lowest BCUT2D eigenvalue weighted by Gasteiger charge is -2.00. The minimum Gasteiger partial charge on any atom is -0.194 e. The van der Waals surface area contributed by atoms with Gasteiger partial charge in [0.25, 0.3) is 0 Å². The molecule has 0 N–H and O–H groups in total. The molecule has 0 atom stereocenters. The molecule has 0 aliphatic rings. The number of hydrogen-bond donors (Lipinski definition) is 0. The van der Waals surface area contributed by atoms with E-state index in [9.17, 15) is 0 Å². The first-order valence-electron chi connectivity index (χ1n) is 8.20. The Balaban J connectivity index is 1.80. The Hall–Kier alpha value is -2.97. The fraction of sp³-hybridized carbons (Fsp3) is 0. The SMILES string of the molecule is C(=C(/c1ccccc1)c1[o+]c(-c2ccccc2)cs1)/c1ccccc1. The average Bonchev–Trinajstić information content (AvgIpc) is 3.18. The van der Waals surface area contributed by atoms with Crippen molar-refractivity contribution in [1.82, 2.24) is 0 Å². The Morgan fingerprint density at radius 2 is 1.32 bits per heavy atom. The lowest BCUT2D eigenvalue weighted by molar-refractivity contribution is 0.576. The van der Waals surface area contributed by atoms with Gasteiger partial charge in [0.05, 0.1) is 11.1 Å². The Kier molecular flexibility index (Phi) is 4.53. The van der Waals surface area contributed by atoms with Gasteiger partial charge in [0.15, 0.2) is 0 Å². The normalized spacial score (nSPS) is 11.4. The van der Waals surface area contributed by atoms with E-state index < -0.39 is 0 Å². The quantitative estimate of drug-likeness (QED) is 0.291. The van der Waals surface area contributed by atoms with Crippen molar-refractivity contribution in [3.63, 3.8) is 0 Å². The van der Waals surface area contributed by atoms with Crippen LogP contribution in [-0.4, -0.2) is 0 Å². The molecule has 0 saturated heterocycles. The lowest BCUT2D eigenvalue weighted by Crippen LogP contribution is -1.85. The van der Waals surface area contributed by atoms with Gasteiger partial charge in [-0.3, -0.25) is 0 Å². The van der Waals surface area contributed by atoms with Gasteiger partial charge < -0.3 is 0 Å². The summed E-state index contributed by atoms with van der Waals surface area (Å²) in [7, 11) is 0. The Labute approximate surface area is 151 Å². The van der Waals surface area contributed by atoms with Gasteiger partial charge >= 0.3 is 10.8 Å². The third-order valence-electron chi connectivity index (χ3n) is 3.95. The second-order valence-corrected chi connectivity index (χ2v) is 6.53. The molecule has 0 spiro atoms. The van der Waals surface area contributed by atoms with Crippen LogP contribution in [0.3, 0.4) is 0 Å². The van der Waals surface area contributed by atoms with Crippen LogP contribution in [0.15, 0.2) is 101 Å². The van der Waals surface area contributed by atoms with Gasteiger partial charge in [0, 0.05) is 0 Å². The molecule has 2 heteroatoms. The maximum atomic E-state index is 6.21. The van der Waals surface area contributed by atoms with Gasteiger partial charge in [-0.05, 0) is 40.7 Å². The molecule has 1 nitrogen and oxygen atoms in total. The Morgan fingerprint density at radius 1 is 0.720 bits per heavy atom. The largest absolute Gasteiger partial charge is 0.418 e.